The first kappa shape index (κ1) is 12.2. The summed E-state index contributed by atoms with van der Waals surface area (Å²) in [7, 11) is 0. The molecule has 0 saturated carbocycles. The number of ketones is 1. The summed E-state index contributed by atoms with van der Waals surface area (Å²) in [6, 6.07) is 13.9. The summed E-state index contributed by atoms with van der Waals surface area (Å²) in [6.45, 7) is 1.82. The van der Waals surface area contributed by atoms with E-state index in [9.17, 15) is 9.90 Å². The molecule has 18 heavy (non-hydrogen) atoms. The Labute approximate surface area is 106 Å². The van der Waals surface area contributed by atoms with Gasteiger partial charge in [-0.3, -0.25) is 4.79 Å². The summed E-state index contributed by atoms with van der Waals surface area (Å²) >= 11 is 0. The van der Waals surface area contributed by atoms with Crippen molar-refractivity contribution >= 4 is 5.78 Å². The summed E-state index contributed by atoms with van der Waals surface area (Å²) in [6.07, 6.45) is 0. The molecule has 0 amide bonds. The van der Waals surface area contributed by atoms with E-state index in [4.69, 9.17) is 4.74 Å². The number of phenolic OH excluding ortho intramolecular Hbond substituents is 1. The van der Waals surface area contributed by atoms with Gasteiger partial charge in [0, 0.05) is 11.6 Å². The summed E-state index contributed by atoms with van der Waals surface area (Å²) in [5.41, 5.74) is 1.51. The molecule has 0 spiro atoms. The largest absolute Gasteiger partial charge is 0.508 e. The number of hydrogen-bond donors (Lipinski definition) is 1. The van der Waals surface area contributed by atoms with Crippen molar-refractivity contribution in [2.45, 2.75) is 6.92 Å². The fraction of sp³-hybridized carbons (Fsp3) is 0.133. The van der Waals surface area contributed by atoms with Crippen molar-refractivity contribution in [1.82, 2.24) is 0 Å². The third kappa shape index (κ3) is 3.10. The fourth-order valence-electron chi connectivity index (χ4n) is 1.67. The molecule has 2 rings (SSSR count). The summed E-state index contributed by atoms with van der Waals surface area (Å²) in [5.74, 6) is 0.547. The van der Waals surface area contributed by atoms with Gasteiger partial charge in [0.15, 0.2) is 12.4 Å². The number of hydrogen-bond acceptors (Lipinski definition) is 3. The SMILES string of the molecule is Cc1cc(O)cc(OCC(=O)c2ccccc2)c1. The van der Waals surface area contributed by atoms with Gasteiger partial charge in [-0.1, -0.05) is 30.3 Å². The average Bonchev–Trinajstić information content (AvgIpc) is 2.36. The highest BCUT2D eigenvalue weighted by Gasteiger charge is 2.06. The maximum Gasteiger partial charge on any atom is 0.200 e. The molecule has 0 aliphatic carbocycles. The lowest BCUT2D eigenvalue weighted by atomic mass is 10.1. The van der Waals surface area contributed by atoms with Crippen molar-refractivity contribution in [1.29, 1.82) is 0 Å². The number of carbonyl (C=O) groups is 1. The first-order valence-corrected chi connectivity index (χ1v) is 5.67. The minimum absolute atomic E-state index is 0.0348. The number of Topliss-reactive ketones (excluding diaryl/α,β-unsaturated/α-hetero) is 1. The van der Waals surface area contributed by atoms with E-state index in [0.29, 0.717) is 11.3 Å². The molecular weight excluding hydrogens is 228 g/mol. The van der Waals surface area contributed by atoms with Crippen LogP contribution in [0.5, 0.6) is 11.5 Å². The lowest BCUT2D eigenvalue weighted by Crippen LogP contribution is -2.11. The molecule has 0 bridgehead atoms. The molecule has 2 aromatic carbocycles. The van der Waals surface area contributed by atoms with Gasteiger partial charge in [0.2, 0.25) is 0 Å². The second-order valence-electron chi connectivity index (χ2n) is 4.08. The Balaban J connectivity index is 2.02. The van der Waals surface area contributed by atoms with Crippen LogP contribution in [-0.2, 0) is 0 Å². The molecule has 0 radical (unpaired) electrons. The van der Waals surface area contributed by atoms with Crippen LogP contribution in [0.2, 0.25) is 0 Å². The number of phenols is 1. The van der Waals surface area contributed by atoms with Gasteiger partial charge in [-0.25, -0.2) is 0 Å². The second kappa shape index (κ2) is 5.36. The van der Waals surface area contributed by atoms with Crippen LogP contribution in [0.1, 0.15) is 15.9 Å². The predicted molar refractivity (Wildman–Crippen MR) is 69.1 cm³/mol. The molecule has 0 unspecified atom stereocenters. The van der Waals surface area contributed by atoms with Gasteiger partial charge >= 0.3 is 0 Å². The molecule has 3 heteroatoms. The molecule has 1 N–H and O–H groups in total. The summed E-state index contributed by atoms with van der Waals surface area (Å²) in [4.78, 5) is 11.8. The van der Waals surface area contributed by atoms with Gasteiger partial charge in [-0.05, 0) is 24.6 Å². The summed E-state index contributed by atoms with van der Waals surface area (Å²) < 4.78 is 5.37. The van der Waals surface area contributed by atoms with Crippen molar-refractivity contribution in [2.24, 2.45) is 0 Å². The van der Waals surface area contributed by atoms with Crippen LogP contribution in [0.4, 0.5) is 0 Å². The standard InChI is InChI=1S/C15H14O3/c1-11-7-13(16)9-14(8-11)18-10-15(17)12-5-3-2-4-6-12/h2-9,16H,10H2,1H3. The number of benzene rings is 2. The first-order valence-electron chi connectivity index (χ1n) is 5.67. The Morgan fingerprint density at radius 1 is 1.17 bits per heavy atom. The highest BCUT2D eigenvalue weighted by atomic mass is 16.5. The Kier molecular flexibility index (Phi) is 3.63. The lowest BCUT2D eigenvalue weighted by Gasteiger charge is -2.07. The zero-order valence-corrected chi connectivity index (χ0v) is 10.1. The topological polar surface area (TPSA) is 46.5 Å². The molecule has 3 nitrogen and oxygen atoms in total. The Morgan fingerprint density at radius 3 is 2.56 bits per heavy atom. The molecule has 0 heterocycles. The van der Waals surface area contributed by atoms with E-state index in [0.717, 1.165) is 5.56 Å². The fourth-order valence-corrected chi connectivity index (χ4v) is 1.67. The van der Waals surface area contributed by atoms with Gasteiger partial charge < -0.3 is 9.84 Å². The third-order valence-corrected chi connectivity index (χ3v) is 2.50. The molecule has 0 aromatic heterocycles. The first-order chi connectivity index (χ1) is 8.65. The van der Waals surface area contributed by atoms with Crippen LogP contribution in [0.15, 0.2) is 48.5 Å². The molecule has 2 aromatic rings. The smallest absolute Gasteiger partial charge is 0.200 e. The van der Waals surface area contributed by atoms with E-state index >= 15 is 0 Å². The van der Waals surface area contributed by atoms with Crippen molar-refractivity contribution in [3.8, 4) is 11.5 Å². The van der Waals surface area contributed by atoms with Gasteiger partial charge in [-0.15, -0.1) is 0 Å². The molecule has 0 fully saturated rings. The highest BCUT2D eigenvalue weighted by Crippen LogP contribution is 2.21. The Morgan fingerprint density at radius 2 is 1.89 bits per heavy atom. The zero-order chi connectivity index (χ0) is 13.0. The maximum atomic E-state index is 11.8. The van der Waals surface area contributed by atoms with Crippen molar-refractivity contribution in [2.75, 3.05) is 6.61 Å². The van der Waals surface area contributed by atoms with Crippen molar-refractivity contribution in [3.05, 3.63) is 59.7 Å². The highest BCUT2D eigenvalue weighted by molar-refractivity contribution is 5.97. The summed E-state index contributed by atoms with van der Waals surface area (Å²) in [5, 5.41) is 9.41. The van der Waals surface area contributed by atoms with Crippen molar-refractivity contribution < 1.29 is 14.6 Å². The van der Waals surface area contributed by atoms with Gasteiger partial charge in [0.25, 0.3) is 0 Å². The van der Waals surface area contributed by atoms with Crippen LogP contribution < -0.4 is 4.74 Å². The minimum atomic E-state index is -0.0865. The van der Waals surface area contributed by atoms with Crippen LogP contribution in [0.25, 0.3) is 0 Å². The molecule has 0 atom stereocenters. The van der Waals surface area contributed by atoms with E-state index in [1.807, 2.05) is 25.1 Å². The Bertz CT molecular complexity index is 527. The van der Waals surface area contributed by atoms with E-state index in [-0.39, 0.29) is 18.1 Å². The monoisotopic (exact) mass is 242 g/mol. The van der Waals surface area contributed by atoms with Gasteiger partial charge in [0.1, 0.15) is 11.5 Å². The minimum Gasteiger partial charge on any atom is -0.508 e. The van der Waals surface area contributed by atoms with Gasteiger partial charge in [0.05, 0.1) is 0 Å². The van der Waals surface area contributed by atoms with E-state index < -0.39 is 0 Å². The molecular formula is C15H14O3. The van der Waals surface area contributed by atoms with E-state index in [1.54, 1.807) is 24.3 Å². The predicted octanol–water partition coefficient (Wildman–Crippen LogP) is 2.96. The second-order valence-corrected chi connectivity index (χ2v) is 4.08. The molecule has 92 valence electrons. The molecule has 0 saturated heterocycles. The van der Waals surface area contributed by atoms with Crippen molar-refractivity contribution in [3.63, 3.8) is 0 Å². The quantitative estimate of drug-likeness (QED) is 0.838. The molecule has 0 aliphatic heterocycles. The number of carbonyl (C=O) groups excluding carboxylic acids is 1. The van der Waals surface area contributed by atoms with Crippen LogP contribution in [0, 0.1) is 6.92 Å². The number of aryl methyl sites for hydroxylation is 1. The number of ether oxygens (including phenoxy) is 1. The normalized spacial score (nSPS) is 10.1. The maximum absolute atomic E-state index is 11.8. The molecule has 0 aliphatic rings. The van der Waals surface area contributed by atoms with E-state index in [2.05, 4.69) is 0 Å². The lowest BCUT2D eigenvalue weighted by molar-refractivity contribution is 0.0921. The average molecular weight is 242 g/mol. The number of aromatic hydroxyl groups is 1. The van der Waals surface area contributed by atoms with Crippen LogP contribution in [0.3, 0.4) is 0 Å². The van der Waals surface area contributed by atoms with E-state index in [1.165, 1.54) is 6.07 Å². The number of rotatable bonds is 4. The Hall–Kier alpha value is -2.29. The third-order valence-electron chi connectivity index (χ3n) is 2.50. The zero-order valence-electron chi connectivity index (χ0n) is 10.1. The van der Waals surface area contributed by atoms with Crippen LogP contribution in [-0.4, -0.2) is 17.5 Å². The van der Waals surface area contributed by atoms with Crippen LogP contribution >= 0.6 is 0 Å². The van der Waals surface area contributed by atoms with Gasteiger partial charge in [-0.2, -0.15) is 0 Å².